The fourth-order valence-corrected chi connectivity index (χ4v) is 2.45. The molecule has 2 N–H and O–H groups in total. The molecular weight excluding hydrogens is 357 g/mol. The van der Waals surface area contributed by atoms with E-state index in [9.17, 15) is 13.2 Å². The second-order valence-electron chi connectivity index (χ2n) is 3.59. The summed E-state index contributed by atoms with van der Waals surface area (Å²) in [7, 11) is -3.90. The minimum atomic E-state index is -3.90. The second kappa shape index (κ2) is 5.21. The number of sulfonamides is 1. The van der Waals surface area contributed by atoms with Crippen molar-refractivity contribution in [2.24, 2.45) is 0 Å². The van der Waals surface area contributed by atoms with Crippen LogP contribution in [0.1, 0.15) is 12.5 Å². The first-order valence-electron chi connectivity index (χ1n) is 4.74. The highest BCUT2D eigenvalue weighted by atomic mass is 127. The number of halogens is 1. The number of nitrogens with one attached hydrogen (secondary N) is 1. The molecule has 1 aromatic carbocycles. The van der Waals surface area contributed by atoms with Crippen molar-refractivity contribution in [1.82, 2.24) is 0 Å². The number of benzene rings is 1. The average molecular weight is 369 g/mol. The topological polar surface area (TPSA) is 83.5 Å². The molecule has 1 atom stereocenters. The number of hydrogen-bond acceptors (Lipinski definition) is 3. The lowest BCUT2D eigenvalue weighted by Gasteiger charge is -2.11. The first-order valence-corrected chi connectivity index (χ1v) is 7.37. The summed E-state index contributed by atoms with van der Waals surface area (Å²) in [6, 6.07) is 5.02. The van der Waals surface area contributed by atoms with E-state index in [2.05, 4.69) is 27.3 Å². The SMILES string of the molecule is Cc1ccc(NS(=O)(=O)C(C)C(=O)O)cc1I. The zero-order valence-electron chi connectivity index (χ0n) is 9.27. The molecule has 0 fully saturated rings. The van der Waals surface area contributed by atoms with Crippen molar-refractivity contribution in [3.8, 4) is 0 Å². The summed E-state index contributed by atoms with van der Waals surface area (Å²) in [5, 5.41) is 7.19. The second-order valence-corrected chi connectivity index (χ2v) is 6.75. The Morgan fingerprint density at radius 3 is 2.53 bits per heavy atom. The van der Waals surface area contributed by atoms with Crippen molar-refractivity contribution >= 4 is 44.3 Å². The van der Waals surface area contributed by atoms with Gasteiger partial charge < -0.3 is 5.11 Å². The van der Waals surface area contributed by atoms with Crippen LogP contribution in [0, 0.1) is 10.5 Å². The van der Waals surface area contributed by atoms with E-state index >= 15 is 0 Å². The van der Waals surface area contributed by atoms with Crippen molar-refractivity contribution < 1.29 is 18.3 Å². The largest absolute Gasteiger partial charge is 0.480 e. The number of anilines is 1. The van der Waals surface area contributed by atoms with E-state index in [-0.39, 0.29) is 0 Å². The van der Waals surface area contributed by atoms with Gasteiger partial charge in [0.15, 0.2) is 5.25 Å². The molecule has 0 heterocycles. The van der Waals surface area contributed by atoms with Gasteiger partial charge in [-0.05, 0) is 54.1 Å². The highest BCUT2D eigenvalue weighted by molar-refractivity contribution is 14.1. The molecule has 5 nitrogen and oxygen atoms in total. The van der Waals surface area contributed by atoms with Gasteiger partial charge in [0.1, 0.15) is 0 Å². The molecule has 1 unspecified atom stereocenters. The zero-order chi connectivity index (χ0) is 13.2. The summed E-state index contributed by atoms with van der Waals surface area (Å²) in [4.78, 5) is 10.6. The lowest BCUT2D eigenvalue weighted by molar-refractivity contribution is -0.136. The Kier molecular flexibility index (Phi) is 4.36. The highest BCUT2D eigenvalue weighted by Gasteiger charge is 2.27. The van der Waals surface area contributed by atoms with Crippen LogP contribution in [0.15, 0.2) is 18.2 Å². The molecule has 0 spiro atoms. The van der Waals surface area contributed by atoms with E-state index in [1.807, 2.05) is 6.92 Å². The van der Waals surface area contributed by atoms with Gasteiger partial charge in [-0.3, -0.25) is 9.52 Å². The van der Waals surface area contributed by atoms with Crippen LogP contribution in [0.2, 0.25) is 0 Å². The van der Waals surface area contributed by atoms with E-state index in [1.165, 1.54) is 0 Å². The van der Waals surface area contributed by atoms with Crippen LogP contribution >= 0.6 is 22.6 Å². The molecule has 94 valence electrons. The van der Waals surface area contributed by atoms with Gasteiger partial charge in [-0.25, -0.2) is 8.42 Å². The first kappa shape index (κ1) is 14.2. The van der Waals surface area contributed by atoms with Gasteiger partial charge >= 0.3 is 5.97 Å². The third kappa shape index (κ3) is 3.56. The quantitative estimate of drug-likeness (QED) is 0.794. The number of carboxylic acid groups (broad SMARTS) is 1. The fourth-order valence-electron chi connectivity index (χ4n) is 1.04. The summed E-state index contributed by atoms with van der Waals surface area (Å²) in [6.45, 7) is 3.03. The standard InChI is InChI=1S/C10H12INO4S/c1-6-3-4-8(5-9(6)11)12-17(15,16)7(2)10(13)14/h3-5,7,12H,1-2H3,(H,13,14). The number of aryl methyl sites for hydroxylation is 1. The van der Waals surface area contributed by atoms with Crippen LogP contribution in [0.25, 0.3) is 0 Å². The van der Waals surface area contributed by atoms with Crippen LogP contribution < -0.4 is 4.72 Å². The summed E-state index contributed by atoms with van der Waals surface area (Å²) in [5.41, 5.74) is 1.40. The number of carbonyl (C=O) groups is 1. The van der Waals surface area contributed by atoms with Crippen LogP contribution in [0.3, 0.4) is 0 Å². The van der Waals surface area contributed by atoms with Crippen molar-refractivity contribution in [3.63, 3.8) is 0 Å². The number of rotatable bonds is 4. The monoisotopic (exact) mass is 369 g/mol. The fraction of sp³-hybridized carbons (Fsp3) is 0.300. The predicted octanol–water partition coefficient (Wildman–Crippen LogP) is 1.81. The Balaban J connectivity index is 2.98. The normalized spacial score (nSPS) is 13.1. The smallest absolute Gasteiger partial charge is 0.323 e. The summed E-state index contributed by atoms with van der Waals surface area (Å²) in [5.74, 6) is -1.38. The molecule has 7 heteroatoms. The molecule has 0 bridgehead atoms. The lowest BCUT2D eigenvalue weighted by atomic mass is 10.2. The van der Waals surface area contributed by atoms with Gasteiger partial charge in [0.05, 0.1) is 0 Å². The van der Waals surface area contributed by atoms with Gasteiger partial charge in [0.25, 0.3) is 0 Å². The van der Waals surface area contributed by atoms with Gasteiger partial charge in [-0.2, -0.15) is 0 Å². The molecule has 1 rings (SSSR count). The summed E-state index contributed by atoms with van der Waals surface area (Å²) < 4.78 is 26.4. The molecule has 0 saturated heterocycles. The van der Waals surface area contributed by atoms with Gasteiger partial charge in [0.2, 0.25) is 10.0 Å². The molecular formula is C10H12INO4S. The first-order chi connectivity index (χ1) is 7.74. The van der Waals surface area contributed by atoms with Crippen LogP contribution in [-0.2, 0) is 14.8 Å². The molecule has 0 aromatic heterocycles. The van der Waals surface area contributed by atoms with Crippen LogP contribution in [0.4, 0.5) is 5.69 Å². The number of hydrogen-bond donors (Lipinski definition) is 2. The number of carboxylic acids is 1. The maximum atomic E-state index is 11.6. The van der Waals surface area contributed by atoms with Gasteiger partial charge in [-0.1, -0.05) is 6.07 Å². The molecule has 0 amide bonds. The van der Waals surface area contributed by atoms with Crippen molar-refractivity contribution in [1.29, 1.82) is 0 Å². The van der Waals surface area contributed by atoms with E-state index in [4.69, 9.17) is 5.11 Å². The predicted molar refractivity (Wildman–Crippen MR) is 73.5 cm³/mol. The molecule has 0 aliphatic heterocycles. The minimum Gasteiger partial charge on any atom is -0.480 e. The third-order valence-electron chi connectivity index (χ3n) is 2.25. The Hall–Kier alpha value is -0.830. The molecule has 0 radical (unpaired) electrons. The Labute approximate surface area is 113 Å². The maximum Gasteiger partial charge on any atom is 0.323 e. The Morgan fingerprint density at radius 2 is 2.06 bits per heavy atom. The molecule has 0 saturated carbocycles. The van der Waals surface area contributed by atoms with Crippen LogP contribution in [0.5, 0.6) is 0 Å². The summed E-state index contributed by atoms with van der Waals surface area (Å²) >= 11 is 2.08. The van der Waals surface area contributed by atoms with E-state index in [0.29, 0.717) is 5.69 Å². The number of aliphatic carboxylic acids is 1. The average Bonchev–Trinajstić information content (AvgIpc) is 2.22. The minimum absolute atomic E-state index is 0.369. The maximum absolute atomic E-state index is 11.6. The van der Waals surface area contributed by atoms with Crippen molar-refractivity contribution in [2.45, 2.75) is 19.1 Å². The zero-order valence-corrected chi connectivity index (χ0v) is 12.2. The molecule has 1 aromatic rings. The van der Waals surface area contributed by atoms with E-state index < -0.39 is 21.2 Å². The molecule has 0 aliphatic carbocycles. The van der Waals surface area contributed by atoms with Crippen LogP contribution in [-0.4, -0.2) is 24.7 Å². The lowest BCUT2D eigenvalue weighted by Crippen LogP contribution is -2.32. The van der Waals surface area contributed by atoms with E-state index in [0.717, 1.165) is 16.1 Å². The van der Waals surface area contributed by atoms with Gasteiger partial charge in [-0.15, -0.1) is 0 Å². The molecule has 17 heavy (non-hydrogen) atoms. The Morgan fingerprint density at radius 1 is 1.47 bits per heavy atom. The summed E-state index contributed by atoms with van der Waals surface area (Å²) in [6.07, 6.45) is 0. The van der Waals surface area contributed by atoms with E-state index in [1.54, 1.807) is 18.2 Å². The van der Waals surface area contributed by atoms with Crippen molar-refractivity contribution in [2.75, 3.05) is 4.72 Å². The van der Waals surface area contributed by atoms with Crippen molar-refractivity contribution in [3.05, 3.63) is 27.3 Å². The highest BCUT2D eigenvalue weighted by Crippen LogP contribution is 2.19. The van der Waals surface area contributed by atoms with Gasteiger partial charge in [0, 0.05) is 9.26 Å². The third-order valence-corrected chi connectivity index (χ3v) is 5.06. The molecule has 0 aliphatic rings. The Bertz CT molecular complexity index is 541.